The SMILES string of the molecule is CN=C(NCc1ccnc(N2CCOC(C)C2)c1)N1CC=C(c2ccccc2)CC1. The monoisotopic (exact) mass is 405 g/mol. The molecule has 2 aliphatic heterocycles. The Kier molecular flexibility index (Phi) is 6.64. The van der Waals surface area contributed by atoms with Crippen molar-refractivity contribution in [1.82, 2.24) is 15.2 Å². The Bertz CT molecular complexity index is 895. The van der Waals surface area contributed by atoms with Crippen molar-refractivity contribution < 1.29 is 4.74 Å². The highest BCUT2D eigenvalue weighted by Crippen LogP contribution is 2.22. The van der Waals surface area contributed by atoms with Crippen molar-refractivity contribution in [2.75, 3.05) is 44.7 Å². The van der Waals surface area contributed by atoms with Crippen LogP contribution in [0.4, 0.5) is 5.82 Å². The molecule has 6 nitrogen and oxygen atoms in total. The number of benzene rings is 1. The van der Waals surface area contributed by atoms with Crippen LogP contribution in [-0.4, -0.2) is 61.8 Å². The van der Waals surface area contributed by atoms with Crippen LogP contribution in [0.15, 0.2) is 59.7 Å². The lowest BCUT2D eigenvalue weighted by Gasteiger charge is -2.32. The summed E-state index contributed by atoms with van der Waals surface area (Å²) in [5.74, 6) is 1.96. The molecule has 2 aromatic rings. The molecule has 2 aliphatic rings. The molecule has 30 heavy (non-hydrogen) atoms. The molecule has 158 valence electrons. The lowest BCUT2D eigenvalue weighted by molar-refractivity contribution is 0.0529. The number of ether oxygens (including phenoxy) is 1. The van der Waals surface area contributed by atoms with Gasteiger partial charge < -0.3 is 19.9 Å². The van der Waals surface area contributed by atoms with Gasteiger partial charge in [0.05, 0.1) is 12.7 Å². The molecule has 1 aromatic heterocycles. The van der Waals surface area contributed by atoms with Crippen LogP contribution in [0, 0.1) is 0 Å². The molecule has 0 amide bonds. The third-order valence-corrected chi connectivity index (χ3v) is 5.69. The molecule has 0 saturated carbocycles. The lowest BCUT2D eigenvalue weighted by atomic mass is 10.00. The molecule has 0 bridgehead atoms. The van der Waals surface area contributed by atoms with E-state index in [4.69, 9.17) is 4.74 Å². The van der Waals surface area contributed by atoms with Gasteiger partial charge in [-0.1, -0.05) is 36.4 Å². The Balaban J connectivity index is 1.35. The van der Waals surface area contributed by atoms with E-state index in [1.807, 2.05) is 13.2 Å². The van der Waals surface area contributed by atoms with E-state index < -0.39 is 0 Å². The summed E-state index contributed by atoms with van der Waals surface area (Å²) >= 11 is 0. The van der Waals surface area contributed by atoms with Gasteiger partial charge in [0.25, 0.3) is 0 Å². The number of aliphatic imine (C=N–C) groups is 1. The fraction of sp³-hybridized carbons (Fsp3) is 0.417. The van der Waals surface area contributed by atoms with Crippen molar-refractivity contribution in [3.63, 3.8) is 0 Å². The van der Waals surface area contributed by atoms with Crippen LogP contribution in [0.25, 0.3) is 5.57 Å². The van der Waals surface area contributed by atoms with Gasteiger partial charge in [-0.3, -0.25) is 4.99 Å². The molecule has 1 saturated heterocycles. The molecular formula is C24H31N5O. The maximum Gasteiger partial charge on any atom is 0.194 e. The van der Waals surface area contributed by atoms with Gasteiger partial charge in [0.15, 0.2) is 5.96 Å². The molecule has 1 unspecified atom stereocenters. The van der Waals surface area contributed by atoms with Crippen LogP contribution in [0.5, 0.6) is 0 Å². The second-order valence-corrected chi connectivity index (χ2v) is 7.84. The van der Waals surface area contributed by atoms with E-state index >= 15 is 0 Å². The van der Waals surface area contributed by atoms with Crippen molar-refractivity contribution in [3.8, 4) is 0 Å². The Labute approximate surface area is 179 Å². The van der Waals surface area contributed by atoms with Crippen LogP contribution < -0.4 is 10.2 Å². The smallest absolute Gasteiger partial charge is 0.194 e. The minimum Gasteiger partial charge on any atom is -0.375 e. The molecule has 0 aliphatic carbocycles. The topological polar surface area (TPSA) is 53.0 Å². The second kappa shape index (κ2) is 9.76. The summed E-state index contributed by atoms with van der Waals surface area (Å²) in [6.07, 6.45) is 5.48. The fourth-order valence-corrected chi connectivity index (χ4v) is 4.06. The van der Waals surface area contributed by atoms with Gasteiger partial charge in [-0.2, -0.15) is 0 Å². The predicted octanol–water partition coefficient (Wildman–Crippen LogP) is 3.17. The number of nitrogens with one attached hydrogen (secondary N) is 1. The van der Waals surface area contributed by atoms with Crippen molar-refractivity contribution >= 4 is 17.4 Å². The molecule has 6 heteroatoms. The average Bonchev–Trinajstić information content (AvgIpc) is 2.81. The molecule has 1 N–H and O–H groups in total. The zero-order valence-electron chi connectivity index (χ0n) is 17.9. The van der Waals surface area contributed by atoms with Gasteiger partial charge in [-0.15, -0.1) is 0 Å². The number of nitrogens with zero attached hydrogens (tertiary/aromatic N) is 4. The van der Waals surface area contributed by atoms with Crippen LogP contribution in [-0.2, 0) is 11.3 Å². The lowest BCUT2D eigenvalue weighted by Crippen LogP contribution is -2.43. The summed E-state index contributed by atoms with van der Waals surface area (Å²) in [7, 11) is 1.85. The second-order valence-electron chi connectivity index (χ2n) is 7.84. The van der Waals surface area contributed by atoms with Gasteiger partial charge in [-0.05, 0) is 42.2 Å². The first-order chi connectivity index (χ1) is 14.7. The number of hydrogen-bond donors (Lipinski definition) is 1. The summed E-state index contributed by atoms with van der Waals surface area (Å²) in [6.45, 7) is 7.21. The summed E-state index contributed by atoms with van der Waals surface area (Å²) < 4.78 is 5.65. The van der Waals surface area contributed by atoms with E-state index in [-0.39, 0.29) is 6.10 Å². The number of hydrogen-bond acceptors (Lipinski definition) is 4. The predicted molar refractivity (Wildman–Crippen MR) is 123 cm³/mol. The van der Waals surface area contributed by atoms with Crippen LogP contribution in [0.2, 0.25) is 0 Å². The molecule has 1 aromatic carbocycles. The number of anilines is 1. The zero-order valence-corrected chi connectivity index (χ0v) is 17.9. The largest absolute Gasteiger partial charge is 0.375 e. The minimum atomic E-state index is 0.245. The van der Waals surface area contributed by atoms with Crippen molar-refractivity contribution in [3.05, 3.63) is 65.9 Å². The van der Waals surface area contributed by atoms with Gasteiger partial charge >= 0.3 is 0 Å². The summed E-state index contributed by atoms with van der Waals surface area (Å²) in [4.78, 5) is 13.7. The van der Waals surface area contributed by atoms with Gasteiger partial charge in [-0.25, -0.2) is 4.98 Å². The Morgan fingerprint density at radius 3 is 2.83 bits per heavy atom. The number of morpholine rings is 1. The number of guanidine groups is 1. The van der Waals surface area contributed by atoms with E-state index in [1.165, 1.54) is 16.7 Å². The fourth-order valence-electron chi connectivity index (χ4n) is 4.06. The third-order valence-electron chi connectivity index (χ3n) is 5.69. The van der Waals surface area contributed by atoms with Crippen LogP contribution in [0.3, 0.4) is 0 Å². The normalized spacial score (nSPS) is 20.1. The van der Waals surface area contributed by atoms with Gasteiger partial charge in [0, 0.05) is 46.0 Å². The van der Waals surface area contributed by atoms with Crippen molar-refractivity contribution in [1.29, 1.82) is 0 Å². The van der Waals surface area contributed by atoms with E-state index in [0.717, 1.165) is 57.5 Å². The standard InChI is InChI=1S/C24H31N5O/c1-19-18-29(14-15-30-19)23-16-20(8-11-26-23)17-27-24(25-2)28-12-9-22(10-13-28)21-6-4-3-5-7-21/h3-9,11,16,19H,10,12-15,17-18H2,1-2H3,(H,25,27). The first-order valence-electron chi connectivity index (χ1n) is 10.7. The highest BCUT2D eigenvalue weighted by molar-refractivity contribution is 5.81. The van der Waals surface area contributed by atoms with E-state index in [2.05, 4.69) is 80.6 Å². The van der Waals surface area contributed by atoms with Crippen molar-refractivity contribution in [2.45, 2.75) is 26.0 Å². The quantitative estimate of drug-likeness (QED) is 0.626. The first kappa shape index (κ1) is 20.4. The summed E-state index contributed by atoms with van der Waals surface area (Å²) in [5.41, 5.74) is 3.94. The maximum absolute atomic E-state index is 5.65. The Hall–Kier alpha value is -2.86. The summed E-state index contributed by atoms with van der Waals surface area (Å²) in [5, 5.41) is 3.52. The van der Waals surface area contributed by atoms with Crippen LogP contribution in [0.1, 0.15) is 24.5 Å². The first-order valence-corrected chi connectivity index (χ1v) is 10.7. The van der Waals surface area contributed by atoms with Crippen LogP contribution >= 0.6 is 0 Å². The van der Waals surface area contributed by atoms with E-state index in [9.17, 15) is 0 Å². The highest BCUT2D eigenvalue weighted by Gasteiger charge is 2.19. The zero-order chi connectivity index (χ0) is 20.8. The third kappa shape index (κ3) is 5.00. The number of aromatic nitrogens is 1. The maximum atomic E-state index is 5.65. The molecule has 0 spiro atoms. The Morgan fingerprint density at radius 1 is 1.23 bits per heavy atom. The molecule has 3 heterocycles. The molecule has 1 atom stereocenters. The van der Waals surface area contributed by atoms with Gasteiger partial charge in [0.1, 0.15) is 5.82 Å². The minimum absolute atomic E-state index is 0.245. The molecule has 0 radical (unpaired) electrons. The van der Waals surface area contributed by atoms with E-state index in [1.54, 1.807) is 0 Å². The van der Waals surface area contributed by atoms with Gasteiger partial charge in [0.2, 0.25) is 0 Å². The molecule has 1 fully saturated rings. The van der Waals surface area contributed by atoms with Crippen molar-refractivity contribution in [2.24, 2.45) is 4.99 Å². The summed E-state index contributed by atoms with van der Waals surface area (Å²) in [6, 6.07) is 14.9. The number of pyridine rings is 1. The highest BCUT2D eigenvalue weighted by atomic mass is 16.5. The molecule has 4 rings (SSSR count). The van der Waals surface area contributed by atoms with E-state index in [0.29, 0.717) is 0 Å². The average molecular weight is 406 g/mol. The molecular weight excluding hydrogens is 374 g/mol. The number of rotatable bonds is 4. The Morgan fingerprint density at radius 2 is 2.10 bits per heavy atom.